The van der Waals surface area contributed by atoms with E-state index < -0.39 is 23.3 Å². The number of halogens is 3. The number of benzene rings is 1. The molecular formula is C15H9F3N2O. The minimum absolute atomic E-state index is 0.0178. The van der Waals surface area contributed by atoms with Crippen molar-refractivity contribution in [3.05, 3.63) is 53.2 Å². The van der Waals surface area contributed by atoms with E-state index in [-0.39, 0.29) is 5.69 Å². The Morgan fingerprint density at radius 1 is 1.24 bits per heavy atom. The highest BCUT2D eigenvalue weighted by molar-refractivity contribution is 5.91. The van der Waals surface area contributed by atoms with E-state index in [9.17, 15) is 18.0 Å². The van der Waals surface area contributed by atoms with E-state index in [1.165, 1.54) is 6.07 Å². The zero-order chi connectivity index (χ0) is 15.6. The van der Waals surface area contributed by atoms with E-state index in [4.69, 9.17) is 12.2 Å². The van der Waals surface area contributed by atoms with Gasteiger partial charge in [0.15, 0.2) is 0 Å². The van der Waals surface area contributed by atoms with Gasteiger partial charge in [0.05, 0.1) is 11.3 Å². The maximum absolute atomic E-state index is 12.9. The summed E-state index contributed by atoms with van der Waals surface area (Å²) in [4.78, 5) is 15.0. The van der Waals surface area contributed by atoms with E-state index in [0.29, 0.717) is 17.2 Å². The van der Waals surface area contributed by atoms with Crippen LogP contribution in [-0.2, 0) is 6.18 Å². The number of carbonyl (C=O) groups excluding carboxylic acids is 1. The Bertz CT molecular complexity index is 745. The molecule has 21 heavy (non-hydrogen) atoms. The first kappa shape index (κ1) is 14.6. The predicted molar refractivity (Wildman–Crippen MR) is 71.1 cm³/mol. The van der Waals surface area contributed by atoms with Gasteiger partial charge < -0.3 is 5.73 Å². The van der Waals surface area contributed by atoms with Crippen LogP contribution in [0.5, 0.6) is 0 Å². The molecule has 1 amide bonds. The zero-order valence-corrected chi connectivity index (χ0v) is 10.6. The largest absolute Gasteiger partial charge is 0.416 e. The quantitative estimate of drug-likeness (QED) is 0.865. The van der Waals surface area contributed by atoms with E-state index in [1.807, 2.05) is 0 Å². The third-order valence-electron chi connectivity index (χ3n) is 2.73. The molecular weight excluding hydrogens is 281 g/mol. The molecule has 0 aliphatic heterocycles. The van der Waals surface area contributed by atoms with Crippen LogP contribution in [0.1, 0.15) is 21.6 Å². The summed E-state index contributed by atoms with van der Waals surface area (Å²) >= 11 is 0. The fourth-order valence-electron chi connectivity index (χ4n) is 1.74. The Kier molecular flexibility index (Phi) is 3.68. The molecule has 0 bridgehead atoms. The first-order valence-electron chi connectivity index (χ1n) is 5.77. The molecule has 1 aromatic heterocycles. The van der Waals surface area contributed by atoms with E-state index in [1.54, 1.807) is 18.2 Å². The normalized spacial score (nSPS) is 11.0. The summed E-state index contributed by atoms with van der Waals surface area (Å²) in [5, 5.41) is 0. The number of pyridine rings is 1. The van der Waals surface area contributed by atoms with Crippen LogP contribution >= 0.6 is 0 Å². The average Bonchev–Trinajstić information content (AvgIpc) is 2.46. The molecule has 3 nitrogen and oxygen atoms in total. The Morgan fingerprint density at radius 3 is 2.52 bits per heavy atom. The number of carbonyl (C=O) groups is 1. The molecule has 1 aromatic carbocycles. The summed E-state index contributed by atoms with van der Waals surface area (Å²) in [5.41, 5.74) is 4.43. The number of nitrogens with two attached hydrogens (primary N) is 1. The van der Waals surface area contributed by atoms with Crippen molar-refractivity contribution in [3.63, 3.8) is 0 Å². The van der Waals surface area contributed by atoms with Crippen LogP contribution < -0.4 is 5.73 Å². The van der Waals surface area contributed by atoms with Gasteiger partial charge in [-0.2, -0.15) is 13.2 Å². The summed E-state index contributed by atoms with van der Waals surface area (Å²) in [6.07, 6.45) is 0.644. The molecule has 106 valence electrons. The van der Waals surface area contributed by atoms with Gasteiger partial charge in [-0.15, -0.1) is 6.42 Å². The molecule has 2 rings (SSSR count). The van der Waals surface area contributed by atoms with Gasteiger partial charge in [-0.05, 0) is 24.3 Å². The van der Waals surface area contributed by atoms with Gasteiger partial charge in [-0.3, -0.25) is 4.79 Å². The van der Waals surface area contributed by atoms with Crippen molar-refractivity contribution >= 4 is 5.91 Å². The highest BCUT2D eigenvalue weighted by Crippen LogP contribution is 2.32. The molecule has 0 atom stereocenters. The molecule has 0 saturated carbocycles. The van der Waals surface area contributed by atoms with Crippen molar-refractivity contribution in [1.29, 1.82) is 0 Å². The molecule has 0 fully saturated rings. The second kappa shape index (κ2) is 5.29. The van der Waals surface area contributed by atoms with Crippen molar-refractivity contribution in [2.45, 2.75) is 6.18 Å². The summed E-state index contributed by atoms with van der Waals surface area (Å²) in [6, 6.07) is 7.75. The molecule has 1 heterocycles. The summed E-state index contributed by atoms with van der Waals surface area (Å²) in [7, 11) is 0. The van der Waals surface area contributed by atoms with Crippen LogP contribution in [0, 0.1) is 12.3 Å². The number of hydrogen-bond acceptors (Lipinski definition) is 2. The molecule has 0 aliphatic rings. The predicted octanol–water partition coefficient (Wildman–Crippen LogP) is 2.85. The monoisotopic (exact) mass is 290 g/mol. The van der Waals surface area contributed by atoms with Gasteiger partial charge >= 0.3 is 6.18 Å². The summed E-state index contributed by atoms with van der Waals surface area (Å²) in [6.45, 7) is 0. The lowest BCUT2D eigenvalue weighted by Gasteiger charge is -2.10. The first-order valence-corrected chi connectivity index (χ1v) is 5.77. The third kappa shape index (κ3) is 3.20. The topological polar surface area (TPSA) is 56.0 Å². The second-order valence-corrected chi connectivity index (χ2v) is 4.21. The van der Waals surface area contributed by atoms with Gasteiger partial charge in [0.2, 0.25) is 0 Å². The van der Waals surface area contributed by atoms with Gasteiger partial charge in [-0.25, -0.2) is 4.98 Å². The highest BCUT2D eigenvalue weighted by atomic mass is 19.4. The first-order chi connectivity index (χ1) is 9.81. The number of aromatic nitrogens is 1. The Balaban J connectivity index is 2.65. The van der Waals surface area contributed by atoms with Crippen molar-refractivity contribution in [3.8, 4) is 23.6 Å². The Morgan fingerprint density at radius 2 is 1.95 bits per heavy atom. The van der Waals surface area contributed by atoms with Gasteiger partial charge in [0.1, 0.15) is 5.69 Å². The number of primary amides is 1. The number of rotatable bonds is 2. The Labute approximate surface area is 118 Å². The van der Waals surface area contributed by atoms with Crippen LogP contribution in [0.15, 0.2) is 36.4 Å². The van der Waals surface area contributed by atoms with E-state index >= 15 is 0 Å². The van der Waals surface area contributed by atoms with Gasteiger partial charge in [0.25, 0.3) is 5.91 Å². The SMILES string of the molecule is C#Cc1cccc(-c2cc(C(F)(F)F)cc(C(N)=O)n2)c1. The van der Waals surface area contributed by atoms with Crippen LogP contribution in [0.2, 0.25) is 0 Å². The molecule has 0 radical (unpaired) electrons. The fourth-order valence-corrected chi connectivity index (χ4v) is 1.74. The number of nitrogens with zero attached hydrogens (tertiary/aromatic N) is 1. The number of alkyl halides is 3. The van der Waals surface area contributed by atoms with Crippen LogP contribution in [0.3, 0.4) is 0 Å². The zero-order valence-electron chi connectivity index (χ0n) is 10.6. The van der Waals surface area contributed by atoms with Gasteiger partial charge in [-0.1, -0.05) is 18.1 Å². The van der Waals surface area contributed by atoms with Crippen molar-refractivity contribution in [1.82, 2.24) is 4.98 Å². The van der Waals surface area contributed by atoms with E-state index in [2.05, 4.69) is 10.9 Å². The van der Waals surface area contributed by atoms with Gasteiger partial charge in [0, 0.05) is 11.1 Å². The highest BCUT2D eigenvalue weighted by Gasteiger charge is 2.32. The lowest BCUT2D eigenvalue weighted by atomic mass is 10.0. The summed E-state index contributed by atoms with van der Waals surface area (Å²) < 4.78 is 38.6. The summed E-state index contributed by atoms with van der Waals surface area (Å²) in [5.74, 6) is 1.35. The van der Waals surface area contributed by atoms with Crippen LogP contribution in [-0.4, -0.2) is 10.9 Å². The standard InChI is InChI=1S/C15H9F3N2O/c1-2-9-4-3-5-10(6-9)12-7-11(15(16,17)18)8-13(20-12)14(19)21/h1,3-8H,(H2,19,21). The third-order valence-corrected chi connectivity index (χ3v) is 2.73. The maximum atomic E-state index is 12.9. The van der Waals surface area contributed by atoms with Crippen molar-refractivity contribution in [2.75, 3.05) is 0 Å². The minimum atomic E-state index is -4.61. The number of amides is 1. The fraction of sp³-hybridized carbons (Fsp3) is 0.0667. The molecule has 0 spiro atoms. The molecule has 2 N–H and O–H groups in total. The molecule has 6 heteroatoms. The van der Waals surface area contributed by atoms with E-state index in [0.717, 1.165) is 6.07 Å². The lowest BCUT2D eigenvalue weighted by Crippen LogP contribution is -2.16. The smallest absolute Gasteiger partial charge is 0.364 e. The van der Waals surface area contributed by atoms with Crippen molar-refractivity contribution < 1.29 is 18.0 Å². The number of hydrogen-bond donors (Lipinski definition) is 1. The molecule has 0 unspecified atom stereocenters. The lowest BCUT2D eigenvalue weighted by molar-refractivity contribution is -0.137. The molecule has 0 saturated heterocycles. The average molecular weight is 290 g/mol. The maximum Gasteiger partial charge on any atom is 0.416 e. The van der Waals surface area contributed by atoms with Crippen molar-refractivity contribution in [2.24, 2.45) is 5.73 Å². The Hall–Kier alpha value is -2.81. The van der Waals surface area contributed by atoms with Crippen LogP contribution in [0.4, 0.5) is 13.2 Å². The van der Waals surface area contributed by atoms with Crippen LogP contribution in [0.25, 0.3) is 11.3 Å². The second-order valence-electron chi connectivity index (χ2n) is 4.21. The molecule has 2 aromatic rings. The minimum Gasteiger partial charge on any atom is -0.364 e. The number of terminal acetylenes is 1. The molecule has 0 aliphatic carbocycles.